The third-order valence-electron chi connectivity index (χ3n) is 4.58. The molecule has 0 bridgehead atoms. The summed E-state index contributed by atoms with van der Waals surface area (Å²) in [4.78, 5) is 16.3. The SMILES string of the molecule is N#Cc1ccc(C(=O)N2CCN(Cc3cccc(C(F)(F)F)c3)CC2)cc1. The fourth-order valence-corrected chi connectivity index (χ4v) is 3.08. The molecule has 1 amide bonds. The normalized spacial score (nSPS) is 15.4. The first-order valence-corrected chi connectivity index (χ1v) is 8.55. The number of benzene rings is 2. The average molecular weight is 373 g/mol. The number of hydrogen-bond donors (Lipinski definition) is 0. The molecule has 2 aromatic rings. The lowest BCUT2D eigenvalue weighted by molar-refractivity contribution is -0.137. The van der Waals surface area contributed by atoms with Crippen molar-refractivity contribution in [3.63, 3.8) is 0 Å². The van der Waals surface area contributed by atoms with E-state index in [0.29, 0.717) is 49.4 Å². The molecular weight excluding hydrogens is 355 g/mol. The van der Waals surface area contributed by atoms with E-state index in [1.165, 1.54) is 12.1 Å². The second-order valence-corrected chi connectivity index (χ2v) is 6.46. The van der Waals surface area contributed by atoms with Crippen LogP contribution in [0.1, 0.15) is 27.0 Å². The molecule has 1 saturated heterocycles. The quantitative estimate of drug-likeness (QED) is 0.827. The Morgan fingerprint density at radius 2 is 1.70 bits per heavy atom. The molecule has 0 atom stereocenters. The molecule has 0 aliphatic carbocycles. The van der Waals surface area contributed by atoms with Gasteiger partial charge in [0, 0.05) is 38.3 Å². The van der Waals surface area contributed by atoms with Crippen molar-refractivity contribution < 1.29 is 18.0 Å². The molecule has 0 saturated carbocycles. The molecular formula is C20H18F3N3O. The summed E-state index contributed by atoms with van der Waals surface area (Å²) in [5.74, 6) is -0.0989. The highest BCUT2D eigenvalue weighted by Gasteiger charge is 2.30. The highest BCUT2D eigenvalue weighted by Crippen LogP contribution is 2.29. The van der Waals surface area contributed by atoms with Crippen LogP contribution in [-0.4, -0.2) is 41.9 Å². The summed E-state index contributed by atoms with van der Waals surface area (Å²) >= 11 is 0. The summed E-state index contributed by atoms with van der Waals surface area (Å²) in [5, 5.41) is 8.81. The fraction of sp³-hybridized carbons (Fsp3) is 0.300. The van der Waals surface area contributed by atoms with Gasteiger partial charge < -0.3 is 4.90 Å². The first kappa shape index (κ1) is 18.9. The van der Waals surface area contributed by atoms with Crippen LogP contribution in [-0.2, 0) is 12.7 Å². The molecule has 0 N–H and O–H groups in total. The van der Waals surface area contributed by atoms with E-state index in [1.54, 1.807) is 35.2 Å². The lowest BCUT2D eigenvalue weighted by atomic mass is 10.1. The molecule has 0 radical (unpaired) electrons. The largest absolute Gasteiger partial charge is 0.416 e. The predicted molar refractivity (Wildman–Crippen MR) is 93.8 cm³/mol. The van der Waals surface area contributed by atoms with Crippen molar-refractivity contribution in [2.75, 3.05) is 26.2 Å². The molecule has 7 heteroatoms. The zero-order valence-electron chi connectivity index (χ0n) is 14.5. The van der Waals surface area contributed by atoms with E-state index >= 15 is 0 Å². The minimum Gasteiger partial charge on any atom is -0.336 e. The topological polar surface area (TPSA) is 47.3 Å². The summed E-state index contributed by atoms with van der Waals surface area (Å²) in [5.41, 5.74) is 0.990. The third-order valence-corrected chi connectivity index (χ3v) is 4.58. The van der Waals surface area contributed by atoms with Gasteiger partial charge in [0.15, 0.2) is 0 Å². The van der Waals surface area contributed by atoms with E-state index < -0.39 is 11.7 Å². The Kier molecular flexibility index (Phi) is 5.47. The van der Waals surface area contributed by atoms with Gasteiger partial charge in [-0.2, -0.15) is 18.4 Å². The molecule has 0 aromatic heterocycles. The summed E-state index contributed by atoms with van der Waals surface area (Å²) < 4.78 is 38.5. The maximum atomic E-state index is 12.8. The minimum absolute atomic E-state index is 0.0989. The van der Waals surface area contributed by atoms with Gasteiger partial charge in [0.25, 0.3) is 5.91 Å². The number of alkyl halides is 3. The summed E-state index contributed by atoms with van der Waals surface area (Å²) in [6, 6.07) is 13.8. The number of nitrogens with zero attached hydrogens (tertiary/aromatic N) is 3. The molecule has 4 nitrogen and oxygen atoms in total. The lowest BCUT2D eigenvalue weighted by Crippen LogP contribution is -2.48. The second kappa shape index (κ2) is 7.80. The zero-order chi connectivity index (χ0) is 19.4. The Labute approximate surface area is 155 Å². The maximum absolute atomic E-state index is 12.8. The van der Waals surface area contributed by atoms with Crippen molar-refractivity contribution in [2.24, 2.45) is 0 Å². The summed E-state index contributed by atoms with van der Waals surface area (Å²) in [6.45, 7) is 2.63. The molecule has 140 valence electrons. The van der Waals surface area contributed by atoms with Crippen molar-refractivity contribution >= 4 is 5.91 Å². The fourth-order valence-electron chi connectivity index (χ4n) is 3.08. The maximum Gasteiger partial charge on any atom is 0.416 e. The Morgan fingerprint density at radius 1 is 1.04 bits per heavy atom. The standard InChI is InChI=1S/C20H18F3N3O/c21-20(22,23)18-3-1-2-16(12-18)14-25-8-10-26(11-9-25)19(27)17-6-4-15(13-24)5-7-17/h1-7,12H,8-11,14H2. The van der Waals surface area contributed by atoms with Crippen LogP contribution < -0.4 is 0 Å². The van der Waals surface area contributed by atoms with Crippen LogP contribution in [0.2, 0.25) is 0 Å². The molecule has 3 rings (SSSR count). The molecule has 2 aromatic carbocycles. The molecule has 27 heavy (non-hydrogen) atoms. The smallest absolute Gasteiger partial charge is 0.336 e. The van der Waals surface area contributed by atoms with Gasteiger partial charge in [0.1, 0.15) is 0 Å². The molecule has 0 unspecified atom stereocenters. The minimum atomic E-state index is -4.35. The van der Waals surface area contributed by atoms with Crippen LogP contribution in [0.4, 0.5) is 13.2 Å². The number of amides is 1. The van der Waals surface area contributed by atoms with Gasteiger partial charge in [0.2, 0.25) is 0 Å². The van der Waals surface area contributed by atoms with Gasteiger partial charge >= 0.3 is 6.18 Å². The van der Waals surface area contributed by atoms with E-state index in [1.807, 2.05) is 11.0 Å². The predicted octanol–water partition coefficient (Wildman–Crippen LogP) is 3.54. The number of piperazine rings is 1. The molecule has 1 aliphatic heterocycles. The molecule has 1 fully saturated rings. The molecule has 1 heterocycles. The molecule has 1 aliphatic rings. The summed E-state index contributed by atoms with van der Waals surface area (Å²) in [6.07, 6.45) is -4.35. The van der Waals surface area contributed by atoms with Crippen molar-refractivity contribution in [3.8, 4) is 6.07 Å². The number of rotatable bonds is 3. The van der Waals surface area contributed by atoms with Crippen LogP contribution in [0.25, 0.3) is 0 Å². The second-order valence-electron chi connectivity index (χ2n) is 6.46. The van der Waals surface area contributed by atoms with Crippen molar-refractivity contribution in [1.82, 2.24) is 9.80 Å². The van der Waals surface area contributed by atoms with E-state index in [4.69, 9.17) is 5.26 Å². The van der Waals surface area contributed by atoms with E-state index in [0.717, 1.165) is 6.07 Å². The van der Waals surface area contributed by atoms with Crippen molar-refractivity contribution in [1.29, 1.82) is 5.26 Å². The highest BCUT2D eigenvalue weighted by atomic mass is 19.4. The number of hydrogen-bond acceptors (Lipinski definition) is 3. The van der Waals surface area contributed by atoms with Gasteiger partial charge in [0.05, 0.1) is 17.2 Å². The van der Waals surface area contributed by atoms with Gasteiger partial charge in [-0.25, -0.2) is 0 Å². The Bertz CT molecular complexity index is 848. The van der Waals surface area contributed by atoms with Crippen molar-refractivity contribution in [3.05, 3.63) is 70.8 Å². The third kappa shape index (κ3) is 4.66. The van der Waals surface area contributed by atoms with E-state index in [9.17, 15) is 18.0 Å². The van der Waals surface area contributed by atoms with Gasteiger partial charge in [-0.1, -0.05) is 18.2 Å². The van der Waals surface area contributed by atoms with Gasteiger partial charge in [-0.05, 0) is 35.9 Å². The average Bonchev–Trinajstić information content (AvgIpc) is 2.68. The van der Waals surface area contributed by atoms with Crippen LogP contribution in [0, 0.1) is 11.3 Å². The van der Waals surface area contributed by atoms with Gasteiger partial charge in [-0.15, -0.1) is 0 Å². The summed E-state index contributed by atoms with van der Waals surface area (Å²) in [7, 11) is 0. The van der Waals surface area contributed by atoms with E-state index in [2.05, 4.69) is 0 Å². The van der Waals surface area contributed by atoms with Crippen LogP contribution in [0.3, 0.4) is 0 Å². The monoisotopic (exact) mass is 373 g/mol. The van der Waals surface area contributed by atoms with Crippen LogP contribution >= 0.6 is 0 Å². The first-order valence-electron chi connectivity index (χ1n) is 8.55. The zero-order valence-corrected chi connectivity index (χ0v) is 14.5. The number of carbonyl (C=O) groups excluding carboxylic acids is 1. The highest BCUT2D eigenvalue weighted by molar-refractivity contribution is 5.94. The van der Waals surface area contributed by atoms with Crippen LogP contribution in [0.5, 0.6) is 0 Å². The first-order chi connectivity index (χ1) is 12.9. The Hall–Kier alpha value is -2.85. The number of halogens is 3. The van der Waals surface area contributed by atoms with Crippen LogP contribution in [0.15, 0.2) is 48.5 Å². The van der Waals surface area contributed by atoms with Gasteiger partial charge in [-0.3, -0.25) is 9.69 Å². The Morgan fingerprint density at radius 3 is 2.30 bits per heavy atom. The molecule has 0 spiro atoms. The van der Waals surface area contributed by atoms with Crippen molar-refractivity contribution in [2.45, 2.75) is 12.7 Å². The number of nitriles is 1. The lowest BCUT2D eigenvalue weighted by Gasteiger charge is -2.35. The Balaban J connectivity index is 1.57. The van der Waals surface area contributed by atoms with E-state index in [-0.39, 0.29) is 5.91 Å². The number of carbonyl (C=O) groups is 1.